The highest BCUT2D eigenvalue weighted by Gasteiger charge is 2.09. The van der Waals surface area contributed by atoms with Gasteiger partial charge in [-0.05, 0) is 13.3 Å². The Bertz CT molecular complexity index is 315. The van der Waals surface area contributed by atoms with Gasteiger partial charge in [-0.15, -0.1) is 0 Å². The Hall–Kier alpha value is -0.130. The van der Waals surface area contributed by atoms with E-state index in [-0.39, 0.29) is 13.2 Å². The maximum Gasteiger partial charge on any atom is 0.399 e. The topological polar surface area (TPSA) is 52.6 Å². The maximum absolute atomic E-state index is 11.1. The molecule has 0 aromatic carbocycles. The molecule has 0 amide bonds. The second-order valence-corrected chi connectivity index (χ2v) is 7.17. The summed E-state index contributed by atoms with van der Waals surface area (Å²) in [5, 5.41) is 0. The van der Waals surface area contributed by atoms with E-state index >= 15 is 0 Å². The zero-order valence-corrected chi connectivity index (χ0v) is 15.5. The van der Waals surface area contributed by atoms with Crippen LogP contribution in [0.5, 0.6) is 0 Å². The van der Waals surface area contributed by atoms with Gasteiger partial charge in [0.05, 0.1) is 13.2 Å². The van der Waals surface area contributed by atoms with Crippen LogP contribution in [0.4, 0.5) is 0 Å². The zero-order valence-electron chi connectivity index (χ0n) is 14.6. The highest BCUT2D eigenvalue weighted by Crippen LogP contribution is 2.12. The Kier molecular flexibility index (Phi) is 15.7. The predicted octanol–water partition coefficient (Wildman–Crippen LogP) is 5.38. The molecule has 0 N–H and O–H groups in total. The Labute approximate surface area is 138 Å². The highest BCUT2D eigenvalue weighted by atomic mass is 32.3. The number of unbranched alkanes of at least 4 members (excludes halogenated alkanes) is 12. The van der Waals surface area contributed by atoms with E-state index in [1.165, 1.54) is 64.2 Å². The Morgan fingerprint density at radius 1 is 0.591 bits per heavy atom. The fourth-order valence-electron chi connectivity index (χ4n) is 2.46. The molecule has 0 bridgehead atoms. The van der Waals surface area contributed by atoms with E-state index in [2.05, 4.69) is 11.1 Å². The molecule has 0 unspecified atom stereocenters. The molecule has 134 valence electrons. The van der Waals surface area contributed by atoms with E-state index in [0.717, 1.165) is 19.3 Å². The second-order valence-electron chi connectivity index (χ2n) is 5.88. The van der Waals surface area contributed by atoms with Crippen molar-refractivity contribution in [2.75, 3.05) is 13.2 Å². The summed E-state index contributed by atoms with van der Waals surface area (Å²) in [7, 11) is -3.75. The minimum Gasteiger partial charge on any atom is -0.248 e. The minimum atomic E-state index is -3.75. The molecule has 0 aliphatic carbocycles. The van der Waals surface area contributed by atoms with Crippen LogP contribution < -0.4 is 0 Å². The molecule has 0 saturated heterocycles. The van der Waals surface area contributed by atoms with Crippen LogP contribution >= 0.6 is 0 Å². The van der Waals surface area contributed by atoms with Gasteiger partial charge in [-0.25, -0.2) is 8.37 Å². The van der Waals surface area contributed by atoms with Crippen LogP contribution in [0.15, 0.2) is 0 Å². The number of hydrogen-bond donors (Lipinski definition) is 0. The van der Waals surface area contributed by atoms with Crippen molar-refractivity contribution in [3.63, 3.8) is 0 Å². The Morgan fingerprint density at radius 2 is 1.00 bits per heavy atom. The lowest BCUT2D eigenvalue weighted by molar-refractivity contribution is 0.218. The lowest BCUT2D eigenvalue weighted by atomic mass is 10.0. The third kappa shape index (κ3) is 16.2. The van der Waals surface area contributed by atoms with Gasteiger partial charge in [0.1, 0.15) is 0 Å². The monoisotopic (exact) mass is 336 g/mol. The smallest absolute Gasteiger partial charge is 0.248 e. The van der Waals surface area contributed by atoms with Gasteiger partial charge in [-0.2, -0.15) is 8.42 Å². The average Bonchev–Trinajstić information content (AvgIpc) is 2.47. The molecule has 0 aromatic rings. The van der Waals surface area contributed by atoms with Crippen molar-refractivity contribution in [3.8, 4) is 0 Å². The molecule has 0 saturated carbocycles. The summed E-state index contributed by atoms with van der Waals surface area (Å²) < 4.78 is 31.4. The summed E-state index contributed by atoms with van der Waals surface area (Å²) in [6.07, 6.45) is 16.5. The van der Waals surface area contributed by atoms with Crippen LogP contribution in [0.25, 0.3) is 0 Å². The molecule has 5 heteroatoms. The lowest BCUT2D eigenvalue weighted by Crippen LogP contribution is -2.10. The molecular formula is C17H36O4S. The average molecular weight is 337 g/mol. The van der Waals surface area contributed by atoms with E-state index in [1.807, 2.05) is 0 Å². The normalized spacial score (nSPS) is 11.9. The van der Waals surface area contributed by atoms with E-state index in [0.29, 0.717) is 0 Å². The van der Waals surface area contributed by atoms with Gasteiger partial charge in [0.2, 0.25) is 0 Å². The van der Waals surface area contributed by atoms with Crippen molar-refractivity contribution < 1.29 is 16.8 Å². The number of hydrogen-bond acceptors (Lipinski definition) is 4. The third-order valence-electron chi connectivity index (χ3n) is 3.74. The van der Waals surface area contributed by atoms with E-state index in [9.17, 15) is 8.42 Å². The summed E-state index contributed by atoms with van der Waals surface area (Å²) >= 11 is 0. The lowest BCUT2D eigenvalue weighted by Gasteiger charge is -2.04. The fourth-order valence-corrected chi connectivity index (χ4v) is 3.14. The van der Waals surface area contributed by atoms with Gasteiger partial charge < -0.3 is 0 Å². The van der Waals surface area contributed by atoms with E-state index in [1.54, 1.807) is 6.92 Å². The van der Waals surface area contributed by atoms with Gasteiger partial charge in [0.25, 0.3) is 0 Å². The largest absolute Gasteiger partial charge is 0.399 e. The summed E-state index contributed by atoms with van der Waals surface area (Å²) in [5.41, 5.74) is 0. The second kappa shape index (κ2) is 15.8. The van der Waals surface area contributed by atoms with Crippen LogP contribution in [0.1, 0.15) is 97.3 Å². The van der Waals surface area contributed by atoms with Crippen molar-refractivity contribution in [1.29, 1.82) is 0 Å². The first-order valence-electron chi connectivity index (χ1n) is 9.16. The first-order chi connectivity index (χ1) is 10.6. The molecular weight excluding hydrogens is 300 g/mol. The molecule has 0 aliphatic rings. The van der Waals surface area contributed by atoms with E-state index in [4.69, 9.17) is 4.18 Å². The van der Waals surface area contributed by atoms with Crippen LogP contribution in [0.3, 0.4) is 0 Å². The Morgan fingerprint density at radius 3 is 1.41 bits per heavy atom. The van der Waals surface area contributed by atoms with Crippen molar-refractivity contribution >= 4 is 10.4 Å². The Balaban J connectivity index is 3.15. The first kappa shape index (κ1) is 21.9. The molecule has 0 aliphatic heterocycles. The quantitative estimate of drug-likeness (QED) is 0.335. The summed E-state index contributed by atoms with van der Waals surface area (Å²) in [5.74, 6) is 0. The van der Waals surface area contributed by atoms with Crippen LogP contribution in [-0.4, -0.2) is 21.6 Å². The summed E-state index contributed by atoms with van der Waals surface area (Å²) in [6, 6.07) is 0. The van der Waals surface area contributed by atoms with Gasteiger partial charge in [-0.1, -0.05) is 84.0 Å². The third-order valence-corrected chi connectivity index (χ3v) is 4.72. The molecule has 0 heterocycles. The maximum atomic E-state index is 11.1. The van der Waals surface area contributed by atoms with Crippen molar-refractivity contribution in [2.24, 2.45) is 0 Å². The molecule has 0 radical (unpaired) electrons. The summed E-state index contributed by atoms with van der Waals surface area (Å²) in [4.78, 5) is 0. The van der Waals surface area contributed by atoms with Crippen LogP contribution in [-0.2, 0) is 18.8 Å². The molecule has 0 aromatic heterocycles. The van der Waals surface area contributed by atoms with Gasteiger partial charge in [0, 0.05) is 0 Å². The molecule has 0 atom stereocenters. The molecule has 0 spiro atoms. The molecule has 0 rings (SSSR count). The van der Waals surface area contributed by atoms with Crippen molar-refractivity contribution in [1.82, 2.24) is 0 Å². The fraction of sp³-hybridized carbons (Fsp3) is 1.00. The molecule has 0 fully saturated rings. The summed E-state index contributed by atoms with van der Waals surface area (Å²) in [6.45, 7) is 4.25. The van der Waals surface area contributed by atoms with Crippen molar-refractivity contribution in [2.45, 2.75) is 97.3 Å². The van der Waals surface area contributed by atoms with Crippen LogP contribution in [0, 0.1) is 0 Å². The minimum absolute atomic E-state index is 0.126. The molecule has 22 heavy (non-hydrogen) atoms. The van der Waals surface area contributed by atoms with Gasteiger partial charge >= 0.3 is 10.4 Å². The van der Waals surface area contributed by atoms with Gasteiger partial charge in [0.15, 0.2) is 0 Å². The number of rotatable bonds is 17. The zero-order chi connectivity index (χ0) is 16.5. The van der Waals surface area contributed by atoms with Crippen molar-refractivity contribution in [3.05, 3.63) is 0 Å². The predicted molar refractivity (Wildman–Crippen MR) is 92.2 cm³/mol. The van der Waals surface area contributed by atoms with Crippen LogP contribution in [0.2, 0.25) is 0 Å². The molecule has 4 nitrogen and oxygen atoms in total. The van der Waals surface area contributed by atoms with E-state index < -0.39 is 10.4 Å². The first-order valence-corrected chi connectivity index (χ1v) is 10.5. The highest BCUT2D eigenvalue weighted by molar-refractivity contribution is 7.81. The SMILES string of the molecule is CCCCCCCCCCCCCCCOS(=O)(=O)OCC. The van der Waals surface area contributed by atoms with Gasteiger partial charge in [-0.3, -0.25) is 0 Å². The standard InChI is InChI=1S/C17H36O4S/c1-3-5-6-7-8-9-10-11-12-13-14-15-16-17-21-22(18,19)20-4-2/h3-17H2,1-2H3.